The molecule has 9 heteroatoms. The summed E-state index contributed by atoms with van der Waals surface area (Å²) in [5.41, 5.74) is 4.40. The van der Waals surface area contributed by atoms with Crippen molar-refractivity contribution in [2.45, 2.75) is 36.7 Å². The summed E-state index contributed by atoms with van der Waals surface area (Å²) in [4.78, 5) is 11.4. The van der Waals surface area contributed by atoms with Crippen LogP contribution >= 0.6 is 0 Å². The molecule has 2 aromatic rings. The molecule has 3 aliphatic rings. The Bertz CT molecular complexity index is 1050. The van der Waals surface area contributed by atoms with Gasteiger partial charge in [0.25, 0.3) is 0 Å². The maximum atomic E-state index is 12.1. The third kappa shape index (κ3) is 2.77. The van der Waals surface area contributed by atoms with Gasteiger partial charge in [0.15, 0.2) is 0 Å². The first-order valence-corrected chi connectivity index (χ1v) is 10.6. The van der Waals surface area contributed by atoms with Gasteiger partial charge in [0.05, 0.1) is 18.4 Å². The zero-order valence-corrected chi connectivity index (χ0v) is 15.5. The van der Waals surface area contributed by atoms with Gasteiger partial charge in [0, 0.05) is 36.3 Å². The van der Waals surface area contributed by atoms with E-state index in [1.807, 2.05) is 11.0 Å². The molecule has 1 aliphatic carbocycles. The summed E-state index contributed by atoms with van der Waals surface area (Å²) in [5, 5.41) is 15.0. The third-order valence-electron chi connectivity index (χ3n) is 5.40. The Morgan fingerprint density at radius 1 is 1.19 bits per heavy atom. The normalized spacial score (nSPS) is 18.8. The number of rotatable bonds is 3. The van der Waals surface area contributed by atoms with Gasteiger partial charge in [-0.05, 0) is 37.0 Å². The second kappa shape index (κ2) is 5.88. The van der Waals surface area contributed by atoms with E-state index in [9.17, 15) is 13.5 Å². The van der Waals surface area contributed by atoms with Crippen LogP contribution in [0.15, 0.2) is 17.0 Å². The van der Waals surface area contributed by atoms with E-state index < -0.39 is 10.0 Å². The molecule has 27 heavy (non-hydrogen) atoms. The maximum absolute atomic E-state index is 12.1. The molecule has 3 heterocycles. The molecule has 1 fully saturated rings. The quantitative estimate of drug-likeness (QED) is 0.781. The fourth-order valence-corrected chi connectivity index (χ4v) is 4.78. The van der Waals surface area contributed by atoms with Crippen molar-refractivity contribution in [2.24, 2.45) is 5.14 Å². The van der Waals surface area contributed by atoms with Crippen molar-refractivity contribution in [2.75, 3.05) is 24.6 Å². The van der Waals surface area contributed by atoms with E-state index in [-0.39, 0.29) is 11.0 Å². The van der Waals surface area contributed by atoms with Gasteiger partial charge in [-0.15, -0.1) is 0 Å². The lowest BCUT2D eigenvalue weighted by Gasteiger charge is -2.36. The number of hydrogen-bond acceptors (Lipinski definition) is 7. The third-order valence-corrected chi connectivity index (χ3v) is 6.31. The van der Waals surface area contributed by atoms with Crippen LogP contribution in [0.5, 0.6) is 5.75 Å². The topological polar surface area (TPSA) is 119 Å². The molecule has 0 amide bonds. The monoisotopic (exact) mass is 388 g/mol. The van der Waals surface area contributed by atoms with Crippen molar-refractivity contribution in [1.82, 2.24) is 9.97 Å². The second-order valence-electron chi connectivity index (χ2n) is 7.32. The van der Waals surface area contributed by atoms with Crippen molar-refractivity contribution in [3.63, 3.8) is 0 Å². The Balaban J connectivity index is 1.69. The summed E-state index contributed by atoms with van der Waals surface area (Å²) in [6, 6.07) is 3.52. The summed E-state index contributed by atoms with van der Waals surface area (Å²) in [6.07, 6.45) is 3.04. The van der Waals surface area contributed by atoms with Gasteiger partial charge in [-0.3, -0.25) is 0 Å². The first kappa shape index (κ1) is 16.9. The van der Waals surface area contributed by atoms with Crippen LogP contribution in [0.1, 0.15) is 23.2 Å². The molecule has 1 aromatic carbocycles. The lowest BCUT2D eigenvalue weighted by Crippen LogP contribution is -2.51. The van der Waals surface area contributed by atoms with E-state index in [0.29, 0.717) is 37.8 Å². The fraction of sp³-hybridized carbons (Fsp3) is 0.444. The van der Waals surface area contributed by atoms with Crippen LogP contribution in [0.4, 0.5) is 5.95 Å². The van der Waals surface area contributed by atoms with Crippen LogP contribution in [-0.4, -0.2) is 49.3 Å². The Labute approximate surface area is 157 Å². The number of nitrogens with zero attached hydrogens (tertiary/aromatic N) is 3. The highest BCUT2D eigenvalue weighted by molar-refractivity contribution is 7.89. The molecular weight excluding hydrogens is 368 g/mol. The van der Waals surface area contributed by atoms with Gasteiger partial charge in [-0.25, -0.2) is 23.5 Å². The van der Waals surface area contributed by atoms with Gasteiger partial charge >= 0.3 is 0 Å². The van der Waals surface area contributed by atoms with E-state index in [1.165, 1.54) is 0 Å². The minimum absolute atomic E-state index is 0.0128. The number of aryl methyl sites for hydroxylation is 1. The van der Waals surface area contributed by atoms with Gasteiger partial charge in [0.2, 0.25) is 16.0 Å². The Morgan fingerprint density at radius 3 is 2.74 bits per heavy atom. The first-order valence-electron chi connectivity index (χ1n) is 9.06. The number of aromatic nitrogens is 2. The van der Waals surface area contributed by atoms with Crippen molar-refractivity contribution >= 4 is 16.0 Å². The molecule has 0 saturated carbocycles. The van der Waals surface area contributed by atoms with Crippen molar-refractivity contribution in [3.05, 3.63) is 29.0 Å². The second-order valence-corrected chi connectivity index (χ2v) is 8.85. The zero-order chi connectivity index (χ0) is 18.8. The van der Waals surface area contributed by atoms with Crippen molar-refractivity contribution in [1.29, 1.82) is 0 Å². The molecule has 2 aliphatic heterocycles. The molecule has 0 bridgehead atoms. The van der Waals surface area contributed by atoms with Crippen molar-refractivity contribution < 1.29 is 18.3 Å². The molecule has 5 rings (SSSR count). The highest BCUT2D eigenvalue weighted by Gasteiger charge is 2.31. The minimum Gasteiger partial charge on any atom is -0.492 e. The van der Waals surface area contributed by atoms with Gasteiger partial charge < -0.3 is 14.7 Å². The number of primary sulfonamides is 1. The molecule has 0 spiro atoms. The van der Waals surface area contributed by atoms with Crippen LogP contribution in [0.25, 0.3) is 11.3 Å². The van der Waals surface area contributed by atoms with Crippen molar-refractivity contribution in [3.8, 4) is 17.0 Å². The molecule has 0 radical (unpaired) electrons. The van der Waals surface area contributed by atoms with Gasteiger partial charge in [-0.1, -0.05) is 0 Å². The number of aliphatic hydroxyl groups is 1. The largest absolute Gasteiger partial charge is 0.492 e. The van der Waals surface area contributed by atoms with E-state index in [1.54, 1.807) is 6.07 Å². The van der Waals surface area contributed by atoms with Crippen LogP contribution < -0.4 is 14.8 Å². The number of aliphatic hydroxyl groups excluding tert-OH is 1. The highest BCUT2D eigenvalue weighted by Crippen LogP contribution is 2.39. The van der Waals surface area contributed by atoms with E-state index in [4.69, 9.17) is 14.9 Å². The van der Waals surface area contributed by atoms with Crippen LogP contribution in [-0.2, 0) is 29.3 Å². The SMILES string of the molecule is NS(=O)(=O)c1cc(-c2nc(N3CC(O)C3)nc3c2CCC3)cc2c1OCC2. The summed E-state index contributed by atoms with van der Waals surface area (Å²) in [5.74, 6) is 0.947. The van der Waals surface area contributed by atoms with Crippen LogP contribution in [0, 0.1) is 0 Å². The Morgan fingerprint density at radius 2 is 2.00 bits per heavy atom. The summed E-state index contributed by atoms with van der Waals surface area (Å²) < 4.78 is 29.7. The molecule has 3 N–H and O–H groups in total. The molecule has 1 aromatic heterocycles. The van der Waals surface area contributed by atoms with E-state index in [2.05, 4.69) is 4.98 Å². The predicted octanol–water partition coefficient (Wildman–Crippen LogP) is 0.395. The number of sulfonamides is 1. The molecule has 142 valence electrons. The fourth-order valence-electron chi connectivity index (χ4n) is 4.04. The molecule has 0 atom stereocenters. The van der Waals surface area contributed by atoms with Gasteiger partial charge in [-0.2, -0.15) is 0 Å². The number of anilines is 1. The molecular formula is C18H20N4O4S. The van der Waals surface area contributed by atoms with Gasteiger partial charge in [0.1, 0.15) is 10.6 Å². The maximum Gasteiger partial charge on any atom is 0.241 e. The smallest absolute Gasteiger partial charge is 0.241 e. The first-order chi connectivity index (χ1) is 12.9. The number of hydrogen-bond donors (Lipinski definition) is 2. The molecule has 1 saturated heterocycles. The minimum atomic E-state index is -3.91. The number of ether oxygens (including phenoxy) is 1. The zero-order valence-electron chi connectivity index (χ0n) is 14.7. The lowest BCUT2D eigenvalue weighted by molar-refractivity contribution is 0.140. The molecule has 0 unspecified atom stereocenters. The highest BCUT2D eigenvalue weighted by atomic mass is 32.2. The summed E-state index contributed by atoms with van der Waals surface area (Å²) in [6.45, 7) is 1.47. The Kier molecular flexibility index (Phi) is 3.68. The number of benzene rings is 1. The number of nitrogens with two attached hydrogens (primary N) is 1. The average Bonchev–Trinajstić information content (AvgIpc) is 3.24. The summed E-state index contributed by atoms with van der Waals surface area (Å²) >= 11 is 0. The van der Waals surface area contributed by atoms with Crippen LogP contribution in [0.2, 0.25) is 0 Å². The van der Waals surface area contributed by atoms with E-state index in [0.717, 1.165) is 47.3 Å². The van der Waals surface area contributed by atoms with Crippen LogP contribution in [0.3, 0.4) is 0 Å². The van der Waals surface area contributed by atoms with E-state index >= 15 is 0 Å². The predicted molar refractivity (Wildman–Crippen MR) is 98.3 cm³/mol. The average molecular weight is 388 g/mol. The standard InChI is InChI=1S/C18H20N4O4S/c19-27(24,25)15-7-11(6-10-4-5-26-17(10)15)16-13-2-1-3-14(13)20-18(21-16)22-8-12(23)9-22/h6-7,12,23H,1-5,8-9H2,(H2,19,24,25). The molecule has 8 nitrogen and oxygen atoms in total. The number of fused-ring (bicyclic) bond motifs is 2. The lowest BCUT2D eigenvalue weighted by atomic mass is 10.0. The summed E-state index contributed by atoms with van der Waals surface area (Å²) in [7, 11) is -3.91. The number of β-amino-alcohol motifs (C(OH)–C–C–N with tert-alkyl or cyclic N) is 1. The Hall–Kier alpha value is -2.23.